The summed E-state index contributed by atoms with van der Waals surface area (Å²) in [6.07, 6.45) is 1.45. The van der Waals surface area contributed by atoms with Crippen molar-refractivity contribution in [1.82, 2.24) is 9.97 Å². The first-order valence-electron chi connectivity index (χ1n) is 6.17. The van der Waals surface area contributed by atoms with E-state index in [-0.39, 0.29) is 21.8 Å². The van der Waals surface area contributed by atoms with E-state index in [9.17, 15) is 13.2 Å². The summed E-state index contributed by atoms with van der Waals surface area (Å²) in [5.74, 6) is -0.328. The fourth-order valence-corrected chi connectivity index (χ4v) is 2.90. The lowest BCUT2D eigenvalue weighted by molar-refractivity contribution is -0.114. The first-order chi connectivity index (χ1) is 10.3. The van der Waals surface area contributed by atoms with Gasteiger partial charge in [-0.1, -0.05) is 11.6 Å². The van der Waals surface area contributed by atoms with E-state index in [2.05, 4.69) is 20.0 Å². The third-order valence-electron chi connectivity index (χ3n) is 2.58. The Hall–Kier alpha value is -2.19. The summed E-state index contributed by atoms with van der Waals surface area (Å²) in [6.45, 7) is 3.05. The molecule has 1 heterocycles. The van der Waals surface area contributed by atoms with Crippen LogP contribution < -0.4 is 10.0 Å². The van der Waals surface area contributed by atoms with Gasteiger partial charge in [-0.3, -0.25) is 4.79 Å². The van der Waals surface area contributed by atoms with Crippen LogP contribution in [-0.4, -0.2) is 24.3 Å². The molecule has 22 heavy (non-hydrogen) atoms. The molecule has 1 aromatic heterocycles. The summed E-state index contributed by atoms with van der Waals surface area (Å²) in [4.78, 5) is 18.8. The van der Waals surface area contributed by atoms with Crippen LogP contribution in [0.2, 0.25) is 5.02 Å². The molecule has 1 amide bonds. The van der Waals surface area contributed by atoms with Crippen LogP contribution in [0.4, 0.5) is 11.6 Å². The maximum absolute atomic E-state index is 12.3. The molecule has 0 atom stereocenters. The van der Waals surface area contributed by atoms with Crippen LogP contribution in [0, 0.1) is 6.92 Å². The minimum absolute atomic E-state index is 0.0259. The quantitative estimate of drug-likeness (QED) is 0.888. The molecule has 2 aromatic rings. The summed E-state index contributed by atoms with van der Waals surface area (Å²) in [5, 5.41) is 2.61. The molecular weight excluding hydrogens is 328 g/mol. The Bertz CT molecular complexity index is 824. The monoisotopic (exact) mass is 340 g/mol. The van der Waals surface area contributed by atoms with Gasteiger partial charge in [0.15, 0.2) is 0 Å². The van der Waals surface area contributed by atoms with Crippen LogP contribution in [0.5, 0.6) is 0 Å². The number of nitrogens with zero attached hydrogens (tertiary/aromatic N) is 2. The molecule has 0 radical (unpaired) electrons. The molecule has 0 fully saturated rings. The Labute approximate surface area is 132 Å². The van der Waals surface area contributed by atoms with E-state index in [0.717, 1.165) is 0 Å². The Kier molecular flexibility index (Phi) is 4.62. The van der Waals surface area contributed by atoms with Crippen molar-refractivity contribution >= 4 is 39.2 Å². The number of anilines is 2. The highest BCUT2D eigenvalue weighted by Gasteiger charge is 2.17. The second-order valence-electron chi connectivity index (χ2n) is 4.45. The Morgan fingerprint density at radius 1 is 1.27 bits per heavy atom. The van der Waals surface area contributed by atoms with E-state index in [1.54, 1.807) is 13.0 Å². The van der Waals surface area contributed by atoms with Crippen LogP contribution in [0.25, 0.3) is 0 Å². The number of aromatic nitrogens is 2. The van der Waals surface area contributed by atoms with Gasteiger partial charge in [-0.15, -0.1) is 0 Å². The molecule has 0 aliphatic carbocycles. The second kappa shape index (κ2) is 6.29. The van der Waals surface area contributed by atoms with Gasteiger partial charge in [0.05, 0.1) is 15.6 Å². The van der Waals surface area contributed by atoms with Gasteiger partial charge in [0, 0.05) is 18.8 Å². The van der Waals surface area contributed by atoms with Crippen LogP contribution in [0.15, 0.2) is 35.4 Å². The maximum atomic E-state index is 12.3. The van der Waals surface area contributed by atoms with Crippen LogP contribution in [0.3, 0.4) is 0 Å². The molecule has 0 saturated carbocycles. The van der Waals surface area contributed by atoms with Gasteiger partial charge in [0.25, 0.3) is 10.0 Å². The topological polar surface area (TPSA) is 101 Å². The number of hydrogen-bond donors (Lipinski definition) is 2. The van der Waals surface area contributed by atoms with Gasteiger partial charge in [0.1, 0.15) is 0 Å². The van der Waals surface area contributed by atoms with Crippen molar-refractivity contribution in [1.29, 1.82) is 0 Å². The number of halogens is 1. The lowest BCUT2D eigenvalue weighted by Gasteiger charge is -2.09. The van der Waals surface area contributed by atoms with E-state index in [1.807, 2.05) is 0 Å². The average molecular weight is 341 g/mol. The molecule has 9 heteroatoms. The molecule has 0 bridgehead atoms. The predicted molar refractivity (Wildman–Crippen MR) is 83.3 cm³/mol. The zero-order valence-corrected chi connectivity index (χ0v) is 13.4. The van der Waals surface area contributed by atoms with Crippen molar-refractivity contribution in [3.8, 4) is 0 Å². The number of carbonyl (C=O) groups is 1. The predicted octanol–water partition coefficient (Wildman–Crippen LogP) is 2.20. The molecule has 0 spiro atoms. The third kappa shape index (κ3) is 3.92. The van der Waals surface area contributed by atoms with Crippen LogP contribution in [-0.2, 0) is 14.8 Å². The molecule has 0 aliphatic rings. The van der Waals surface area contributed by atoms with E-state index < -0.39 is 10.0 Å². The summed E-state index contributed by atoms with van der Waals surface area (Å²) in [6, 6.07) is 5.63. The first kappa shape index (κ1) is 16.2. The summed E-state index contributed by atoms with van der Waals surface area (Å²) >= 11 is 5.97. The number of aryl methyl sites for hydroxylation is 1. The number of rotatable bonds is 4. The lowest BCUT2D eigenvalue weighted by Crippen LogP contribution is -2.15. The number of benzene rings is 1. The van der Waals surface area contributed by atoms with E-state index >= 15 is 0 Å². The van der Waals surface area contributed by atoms with Crippen molar-refractivity contribution in [3.63, 3.8) is 0 Å². The molecule has 0 saturated heterocycles. The highest BCUT2D eigenvalue weighted by molar-refractivity contribution is 7.92. The van der Waals surface area contributed by atoms with E-state index in [0.29, 0.717) is 11.4 Å². The minimum Gasteiger partial charge on any atom is -0.325 e. The van der Waals surface area contributed by atoms with E-state index in [1.165, 1.54) is 31.3 Å². The highest BCUT2D eigenvalue weighted by Crippen LogP contribution is 2.26. The van der Waals surface area contributed by atoms with Gasteiger partial charge < -0.3 is 5.32 Å². The fourth-order valence-electron chi connectivity index (χ4n) is 1.63. The van der Waals surface area contributed by atoms with E-state index in [4.69, 9.17) is 11.6 Å². The Morgan fingerprint density at radius 3 is 2.59 bits per heavy atom. The SMILES string of the molecule is CC(=O)Nc1ccc(S(=O)(=O)Nc2nccc(C)n2)cc1Cl. The number of sulfonamides is 1. The Morgan fingerprint density at radius 2 is 2.00 bits per heavy atom. The Balaban J connectivity index is 2.30. The second-order valence-corrected chi connectivity index (χ2v) is 6.54. The molecule has 116 valence electrons. The van der Waals surface area contributed by atoms with Crippen LogP contribution >= 0.6 is 11.6 Å². The number of hydrogen-bond acceptors (Lipinski definition) is 5. The number of nitrogens with one attached hydrogen (secondary N) is 2. The standard InChI is InChI=1S/C13H13ClN4O3S/c1-8-5-6-15-13(16-8)18-22(20,21)10-3-4-12(11(14)7-10)17-9(2)19/h3-7H,1-2H3,(H,17,19)(H,15,16,18). The van der Waals surface area contributed by atoms with Gasteiger partial charge in [-0.2, -0.15) is 0 Å². The number of carbonyl (C=O) groups excluding carboxylic acids is 1. The molecule has 0 unspecified atom stereocenters. The van der Waals surface area contributed by atoms with Crippen LogP contribution in [0.1, 0.15) is 12.6 Å². The summed E-state index contributed by atoms with van der Waals surface area (Å²) in [7, 11) is -3.87. The molecule has 2 rings (SSSR count). The molecule has 2 N–H and O–H groups in total. The third-order valence-corrected chi connectivity index (χ3v) is 4.22. The van der Waals surface area contributed by atoms with Crippen molar-refractivity contribution < 1.29 is 13.2 Å². The first-order valence-corrected chi connectivity index (χ1v) is 8.03. The van der Waals surface area contributed by atoms with Gasteiger partial charge >= 0.3 is 0 Å². The molecule has 7 nitrogen and oxygen atoms in total. The molecular formula is C13H13ClN4O3S. The minimum atomic E-state index is -3.87. The van der Waals surface area contributed by atoms with Gasteiger partial charge in [-0.25, -0.2) is 23.1 Å². The largest absolute Gasteiger partial charge is 0.325 e. The zero-order chi connectivity index (χ0) is 16.3. The maximum Gasteiger partial charge on any atom is 0.264 e. The van der Waals surface area contributed by atoms with Crippen molar-refractivity contribution in [2.75, 3.05) is 10.0 Å². The molecule has 0 aliphatic heterocycles. The van der Waals surface area contributed by atoms with Crippen molar-refractivity contribution in [2.24, 2.45) is 0 Å². The fraction of sp³-hybridized carbons (Fsp3) is 0.154. The van der Waals surface area contributed by atoms with Gasteiger partial charge in [0.2, 0.25) is 11.9 Å². The zero-order valence-electron chi connectivity index (χ0n) is 11.8. The average Bonchev–Trinajstić information content (AvgIpc) is 2.40. The van der Waals surface area contributed by atoms with Gasteiger partial charge in [-0.05, 0) is 31.2 Å². The normalized spacial score (nSPS) is 11.0. The van der Waals surface area contributed by atoms with Crippen molar-refractivity contribution in [3.05, 3.63) is 41.2 Å². The summed E-state index contributed by atoms with van der Waals surface area (Å²) in [5.41, 5.74) is 0.965. The number of amides is 1. The summed E-state index contributed by atoms with van der Waals surface area (Å²) < 4.78 is 26.8. The smallest absolute Gasteiger partial charge is 0.264 e. The molecule has 1 aromatic carbocycles. The van der Waals surface area contributed by atoms with Crippen molar-refractivity contribution in [2.45, 2.75) is 18.7 Å². The lowest BCUT2D eigenvalue weighted by atomic mass is 10.3. The highest BCUT2D eigenvalue weighted by atomic mass is 35.5.